The Bertz CT molecular complexity index is 369. The Morgan fingerprint density at radius 1 is 1.35 bits per heavy atom. The second-order valence-corrected chi connectivity index (χ2v) is 4.42. The summed E-state index contributed by atoms with van der Waals surface area (Å²) in [4.78, 5) is 4.31. The molecule has 1 aliphatic carbocycles. The quantitative estimate of drug-likeness (QED) is 0.500. The number of benzene rings is 1. The number of nitrogens with two attached hydrogens (primary N) is 1. The summed E-state index contributed by atoms with van der Waals surface area (Å²) < 4.78 is 0. The molecule has 0 radical (unpaired) electrons. The third kappa shape index (κ3) is 5.39. The first-order valence-electron chi connectivity index (χ1n) is 5.86. The van der Waals surface area contributed by atoms with Crippen LogP contribution < -0.4 is 11.1 Å². The van der Waals surface area contributed by atoms with Gasteiger partial charge in [0.15, 0.2) is 5.96 Å². The highest BCUT2D eigenvalue weighted by Gasteiger charge is 2.21. The van der Waals surface area contributed by atoms with Crippen LogP contribution in [0.5, 0.6) is 0 Å². The normalized spacial score (nSPS) is 15.2. The highest BCUT2D eigenvalue weighted by atomic mass is 127. The second kappa shape index (κ2) is 6.83. The molecule has 0 saturated heterocycles. The molecule has 1 saturated carbocycles. The van der Waals surface area contributed by atoms with E-state index in [1.165, 1.54) is 24.0 Å². The van der Waals surface area contributed by atoms with E-state index in [1.807, 2.05) is 0 Å². The van der Waals surface area contributed by atoms with Gasteiger partial charge in [-0.25, -0.2) is 0 Å². The van der Waals surface area contributed by atoms with E-state index in [9.17, 15) is 0 Å². The first kappa shape index (κ1) is 14.3. The lowest BCUT2D eigenvalue weighted by atomic mass is 10.1. The number of aryl methyl sites for hydroxylation is 1. The van der Waals surface area contributed by atoms with Crippen molar-refractivity contribution in [3.63, 3.8) is 0 Å². The molecule has 1 aromatic rings. The molecule has 0 spiro atoms. The molecule has 0 heterocycles. The minimum atomic E-state index is 0. The minimum Gasteiger partial charge on any atom is -0.370 e. The number of hydrogen-bond acceptors (Lipinski definition) is 1. The minimum absolute atomic E-state index is 0. The predicted molar refractivity (Wildman–Crippen MR) is 82.9 cm³/mol. The van der Waals surface area contributed by atoms with Gasteiger partial charge in [-0.1, -0.05) is 29.8 Å². The fourth-order valence-electron chi connectivity index (χ4n) is 1.54. The molecule has 0 unspecified atom stereocenters. The van der Waals surface area contributed by atoms with E-state index in [-0.39, 0.29) is 24.0 Å². The number of halogens is 1. The molecule has 4 heteroatoms. The van der Waals surface area contributed by atoms with Crippen molar-refractivity contribution in [3.8, 4) is 0 Å². The molecule has 3 N–H and O–H groups in total. The lowest BCUT2D eigenvalue weighted by Crippen LogP contribution is -2.33. The van der Waals surface area contributed by atoms with Crippen LogP contribution in [0.2, 0.25) is 0 Å². The van der Waals surface area contributed by atoms with Gasteiger partial charge in [-0.2, -0.15) is 0 Å². The summed E-state index contributed by atoms with van der Waals surface area (Å²) in [6, 6.07) is 9.14. The highest BCUT2D eigenvalue weighted by molar-refractivity contribution is 14.0. The lowest BCUT2D eigenvalue weighted by molar-refractivity contribution is 0.870. The third-order valence-corrected chi connectivity index (χ3v) is 2.73. The molecular formula is C13H20IN3. The van der Waals surface area contributed by atoms with Gasteiger partial charge in [0, 0.05) is 12.6 Å². The standard InChI is InChI=1S/C13H19N3.HI/c1-10-2-4-11(5-3-10)8-9-15-13(14)16-12-6-7-12;/h2-5,12H,6-9H2,1H3,(H3,14,15,16);1H. The van der Waals surface area contributed by atoms with Crippen molar-refractivity contribution in [2.24, 2.45) is 10.7 Å². The molecule has 3 nitrogen and oxygen atoms in total. The van der Waals surface area contributed by atoms with Gasteiger partial charge in [0.1, 0.15) is 0 Å². The molecule has 0 aliphatic heterocycles. The van der Waals surface area contributed by atoms with Gasteiger partial charge >= 0.3 is 0 Å². The van der Waals surface area contributed by atoms with Gasteiger partial charge in [-0.05, 0) is 31.7 Å². The maximum atomic E-state index is 5.74. The van der Waals surface area contributed by atoms with Crippen molar-refractivity contribution < 1.29 is 0 Å². The molecule has 0 atom stereocenters. The summed E-state index contributed by atoms with van der Waals surface area (Å²) >= 11 is 0. The Hall–Kier alpha value is -0.780. The van der Waals surface area contributed by atoms with Crippen molar-refractivity contribution in [1.82, 2.24) is 5.32 Å². The van der Waals surface area contributed by atoms with Crippen LogP contribution in [0.25, 0.3) is 0 Å². The SMILES string of the molecule is Cc1ccc(CCN=C(N)NC2CC2)cc1.I. The number of hydrogen-bond donors (Lipinski definition) is 2. The Labute approximate surface area is 120 Å². The smallest absolute Gasteiger partial charge is 0.188 e. The van der Waals surface area contributed by atoms with E-state index >= 15 is 0 Å². The number of guanidine groups is 1. The molecule has 2 rings (SSSR count). The van der Waals surface area contributed by atoms with Crippen LogP contribution in [0.3, 0.4) is 0 Å². The first-order chi connectivity index (χ1) is 7.74. The fraction of sp³-hybridized carbons (Fsp3) is 0.462. The summed E-state index contributed by atoms with van der Waals surface area (Å²) in [7, 11) is 0. The van der Waals surface area contributed by atoms with E-state index in [1.54, 1.807) is 0 Å². The topological polar surface area (TPSA) is 50.4 Å². The average Bonchev–Trinajstić information content (AvgIpc) is 3.05. The van der Waals surface area contributed by atoms with Gasteiger partial charge in [-0.3, -0.25) is 4.99 Å². The Morgan fingerprint density at radius 3 is 2.59 bits per heavy atom. The molecule has 17 heavy (non-hydrogen) atoms. The van der Waals surface area contributed by atoms with Crippen molar-refractivity contribution in [1.29, 1.82) is 0 Å². The predicted octanol–water partition coefficient (Wildman–Crippen LogP) is 2.22. The third-order valence-electron chi connectivity index (χ3n) is 2.73. The molecule has 0 amide bonds. The van der Waals surface area contributed by atoms with E-state index in [0.29, 0.717) is 12.0 Å². The van der Waals surface area contributed by atoms with Crippen molar-refractivity contribution in [2.45, 2.75) is 32.2 Å². The summed E-state index contributed by atoms with van der Waals surface area (Å²) in [6.45, 7) is 2.86. The van der Waals surface area contributed by atoms with Gasteiger partial charge in [0.2, 0.25) is 0 Å². The van der Waals surface area contributed by atoms with E-state index in [0.717, 1.165) is 13.0 Å². The van der Waals surface area contributed by atoms with Gasteiger partial charge < -0.3 is 11.1 Å². The van der Waals surface area contributed by atoms with Crippen LogP contribution in [0, 0.1) is 6.92 Å². The first-order valence-corrected chi connectivity index (χ1v) is 5.86. The molecule has 1 aromatic carbocycles. The zero-order valence-corrected chi connectivity index (χ0v) is 12.5. The van der Waals surface area contributed by atoms with E-state index < -0.39 is 0 Å². The van der Waals surface area contributed by atoms with Crippen molar-refractivity contribution in [3.05, 3.63) is 35.4 Å². The maximum Gasteiger partial charge on any atom is 0.188 e. The molecule has 0 bridgehead atoms. The number of aliphatic imine (C=N–C) groups is 1. The highest BCUT2D eigenvalue weighted by Crippen LogP contribution is 2.17. The monoisotopic (exact) mass is 345 g/mol. The fourth-order valence-corrected chi connectivity index (χ4v) is 1.54. The summed E-state index contributed by atoms with van der Waals surface area (Å²) in [5.74, 6) is 0.592. The molecule has 1 fully saturated rings. The van der Waals surface area contributed by atoms with Crippen LogP contribution in [0.15, 0.2) is 29.3 Å². The molecule has 94 valence electrons. The largest absolute Gasteiger partial charge is 0.370 e. The second-order valence-electron chi connectivity index (χ2n) is 4.42. The average molecular weight is 345 g/mol. The maximum absolute atomic E-state index is 5.74. The molecule has 1 aliphatic rings. The molecule has 0 aromatic heterocycles. The van der Waals surface area contributed by atoms with Crippen LogP contribution in [0.1, 0.15) is 24.0 Å². The van der Waals surface area contributed by atoms with E-state index in [4.69, 9.17) is 5.73 Å². The lowest BCUT2D eigenvalue weighted by Gasteiger charge is -2.03. The van der Waals surface area contributed by atoms with Crippen LogP contribution in [-0.4, -0.2) is 18.5 Å². The van der Waals surface area contributed by atoms with Gasteiger partial charge in [0.05, 0.1) is 0 Å². The summed E-state index contributed by atoms with van der Waals surface area (Å²) in [5.41, 5.74) is 8.35. The van der Waals surface area contributed by atoms with E-state index in [2.05, 4.69) is 41.5 Å². The Balaban J connectivity index is 0.00000144. The van der Waals surface area contributed by atoms with Crippen LogP contribution in [0.4, 0.5) is 0 Å². The number of nitrogens with one attached hydrogen (secondary N) is 1. The van der Waals surface area contributed by atoms with Crippen molar-refractivity contribution in [2.75, 3.05) is 6.54 Å². The summed E-state index contributed by atoms with van der Waals surface area (Å²) in [6.07, 6.45) is 3.41. The van der Waals surface area contributed by atoms with Crippen LogP contribution >= 0.6 is 24.0 Å². The number of rotatable bonds is 4. The van der Waals surface area contributed by atoms with Crippen molar-refractivity contribution >= 4 is 29.9 Å². The van der Waals surface area contributed by atoms with Gasteiger partial charge in [-0.15, -0.1) is 24.0 Å². The van der Waals surface area contributed by atoms with Gasteiger partial charge in [0.25, 0.3) is 0 Å². The zero-order chi connectivity index (χ0) is 11.4. The Kier molecular flexibility index (Phi) is 5.74. The Morgan fingerprint density at radius 2 is 2.00 bits per heavy atom. The number of nitrogens with zero attached hydrogens (tertiary/aromatic N) is 1. The summed E-state index contributed by atoms with van der Waals surface area (Å²) in [5, 5.41) is 3.18. The zero-order valence-electron chi connectivity index (χ0n) is 10.1. The van der Waals surface area contributed by atoms with Crippen LogP contribution in [-0.2, 0) is 6.42 Å². The molecular weight excluding hydrogens is 325 g/mol.